The molecule has 22 heavy (non-hydrogen) atoms. The number of rotatable bonds is 9. The summed E-state index contributed by atoms with van der Waals surface area (Å²) in [6, 6.07) is 2.86. The minimum Gasteiger partial charge on any atom is -0.493 e. The first kappa shape index (κ1) is 18.6. The molecule has 0 aromatic heterocycles. The lowest BCUT2D eigenvalue weighted by molar-refractivity contribution is -0.140. The lowest BCUT2D eigenvalue weighted by Crippen LogP contribution is -2.37. The maximum atomic E-state index is 11.3. The monoisotopic (exact) mass is 329 g/mol. The van der Waals surface area contributed by atoms with E-state index in [4.69, 9.17) is 21.1 Å². The van der Waals surface area contributed by atoms with Gasteiger partial charge in [-0.25, -0.2) is 0 Å². The van der Waals surface area contributed by atoms with Crippen LogP contribution in [0.1, 0.15) is 32.8 Å². The van der Waals surface area contributed by atoms with E-state index >= 15 is 0 Å². The van der Waals surface area contributed by atoms with Gasteiger partial charge < -0.3 is 19.9 Å². The fourth-order valence-electron chi connectivity index (χ4n) is 2.12. The van der Waals surface area contributed by atoms with Crippen LogP contribution in [0, 0.1) is 5.92 Å². The smallest absolute Gasteiger partial charge is 0.320 e. The molecule has 5 nitrogen and oxygen atoms in total. The highest BCUT2D eigenvalue weighted by atomic mass is 35.5. The summed E-state index contributed by atoms with van der Waals surface area (Å²) < 4.78 is 10.7. The molecule has 0 bridgehead atoms. The van der Waals surface area contributed by atoms with Crippen LogP contribution in [0.5, 0.6) is 11.5 Å². The van der Waals surface area contributed by atoms with Gasteiger partial charge in [-0.1, -0.05) is 25.4 Å². The van der Waals surface area contributed by atoms with Gasteiger partial charge in [-0.2, -0.15) is 0 Å². The summed E-state index contributed by atoms with van der Waals surface area (Å²) in [6.45, 7) is 6.73. The molecule has 0 aliphatic carbocycles. The molecule has 1 atom stereocenters. The summed E-state index contributed by atoms with van der Waals surface area (Å²) >= 11 is 6.23. The summed E-state index contributed by atoms with van der Waals surface area (Å²) in [7, 11) is 1.55. The highest BCUT2D eigenvalue weighted by molar-refractivity contribution is 6.31. The Hall–Kier alpha value is -1.46. The third-order valence-electron chi connectivity index (χ3n) is 3.18. The minimum absolute atomic E-state index is 0.291. The molecule has 0 fully saturated rings. The van der Waals surface area contributed by atoms with Crippen LogP contribution in [0.4, 0.5) is 0 Å². The second-order valence-electron chi connectivity index (χ2n) is 5.43. The minimum atomic E-state index is -0.858. The third-order valence-corrected chi connectivity index (χ3v) is 3.53. The predicted molar refractivity (Wildman–Crippen MR) is 86.9 cm³/mol. The van der Waals surface area contributed by atoms with Gasteiger partial charge in [0.2, 0.25) is 0 Å². The molecule has 2 N–H and O–H groups in total. The Balaban J connectivity index is 2.87. The van der Waals surface area contributed by atoms with E-state index in [2.05, 4.69) is 5.32 Å². The standard InChI is InChI=1S/C16H24ClNO4/c1-5-22-15-7-11(12(17)8-14(15)21-4)9-18-13(16(19)20)6-10(2)3/h7-8,10,13,18H,5-6,9H2,1-4H3,(H,19,20). The SMILES string of the molecule is CCOc1cc(CNC(CC(C)C)C(=O)O)c(Cl)cc1OC. The summed E-state index contributed by atoms with van der Waals surface area (Å²) in [5, 5.41) is 12.8. The first-order chi connectivity index (χ1) is 10.4. The molecule has 1 unspecified atom stereocenters. The van der Waals surface area contributed by atoms with Crippen molar-refractivity contribution in [3.05, 3.63) is 22.7 Å². The van der Waals surface area contributed by atoms with E-state index in [1.807, 2.05) is 20.8 Å². The molecular formula is C16H24ClNO4. The number of benzene rings is 1. The van der Waals surface area contributed by atoms with Crippen molar-refractivity contribution in [3.8, 4) is 11.5 Å². The Kier molecular flexibility index (Phi) is 7.48. The van der Waals surface area contributed by atoms with Crippen molar-refractivity contribution < 1.29 is 19.4 Å². The quantitative estimate of drug-likeness (QED) is 0.727. The highest BCUT2D eigenvalue weighted by Crippen LogP contribution is 2.33. The summed E-state index contributed by atoms with van der Waals surface area (Å²) in [5.41, 5.74) is 0.779. The zero-order valence-electron chi connectivity index (χ0n) is 13.5. The first-order valence-corrected chi connectivity index (χ1v) is 7.72. The Morgan fingerprint density at radius 1 is 1.36 bits per heavy atom. The van der Waals surface area contributed by atoms with Crippen LogP contribution in [0.2, 0.25) is 5.02 Å². The van der Waals surface area contributed by atoms with E-state index in [1.165, 1.54) is 0 Å². The summed E-state index contributed by atoms with van der Waals surface area (Å²) in [5.74, 6) is 0.594. The number of hydrogen-bond donors (Lipinski definition) is 2. The number of hydrogen-bond acceptors (Lipinski definition) is 4. The second-order valence-corrected chi connectivity index (χ2v) is 5.84. The first-order valence-electron chi connectivity index (χ1n) is 7.34. The van der Waals surface area contributed by atoms with Gasteiger partial charge in [-0.15, -0.1) is 0 Å². The number of ether oxygens (including phenoxy) is 2. The second kappa shape index (κ2) is 8.86. The summed E-state index contributed by atoms with van der Waals surface area (Å²) in [6.07, 6.45) is 0.557. The lowest BCUT2D eigenvalue weighted by atomic mass is 10.0. The molecule has 0 aliphatic heterocycles. The number of carboxylic acid groups (broad SMARTS) is 1. The number of nitrogens with one attached hydrogen (secondary N) is 1. The lowest BCUT2D eigenvalue weighted by Gasteiger charge is -2.18. The third kappa shape index (κ3) is 5.39. The van der Waals surface area contributed by atoms with Gasteiger partial charge in [0.1, 0.15) is 6.04 Å². The maximum absolute atomic E-state index is 11.3. The molecular weight excluding hydrogens is 306 g/mol. The van der Waals surface area contributed by atoms with Gasteiger partial charge in [-0.3, -0.25) is 4.79 Å². The van der Waals surface area contributed by atoms with Crippen LogP contribution in [0.25, 0.3) is 0 Å². The largest absolute Gasteiger partial charge is 0.493 e. The number of carbonyl (C=O) groups is 1. The van der Waals surface area contributed by atoms with Crippen LogP contribution in [-0.2, 0) is 11.3 Å². The van der Waals surface area contributed by atoms with Crippen molar-refractivity contribution in [2.24, 2.45) is 5.92 Å². The average molecular weight is 330 g/mol. The summed E-state index contributed by atoms with van der Waals surface area (Å²) in [4.78, 5) is 11.3. The van der Waals surface area contributed by atoms with Crippen LogP contribution < -0.4 is 14.8 Å². The molecule has 0 heterocycles. The topological polar surface area (TPSA) is 67.8 Å². The van der Waals surface area contributed by atoms with Crippen LogP contribution in [-0.4, -0.2) is 30.8 Å². The van der Waals surface area contributed by atoms with E-state index in [1.54, 1.807) is 19.2 Å². The Morgan fingerprint density at radius 3 is 2.55 bits per heavy atom. The zero-order chi connectivity index (χ0) is 16.7. The van der Waals surface area contributed by atoms with Crippen molar-refractivity contribution in [1.82, 2.24) is 5.32 Å². The predicted octanol–water partition coefficient (Wildman–Crippen LogP) is 3.34. The highest BCUT2D eigenvalue weighted by Gasteiger charge is 2.19. The zero-order valence-corrected chi connectivity index (χ0v) is 14.2. The molecule has 0 aliphatic rings. The molecule has 1 rings (SSSR count). The molecule has 1 aromatic carbocycles. The van der Waals surface area contributed by atoms with E-state index in [0.29, 0.717) is 42.0 Å². The Bertz CT molecular complexity index is 505. The van der Waals surface area contributed by atoms with Crippen LogP contribution in [0.15, 0.2) is 12.1 Å². The van der Waals surface area contributed by atoms with Crippen molar-refractivity contribution >= 4 is 17.6 Å². The van der Waals surface area contributed by atoms with Crippen LogP contribution in [0.3, 0.4) is 0 Å². The van der Waals surface area contributed by atoms with Crippen molar-refractivity contribution in [3.63, 3.8) is 0 Å². The normalized spacial score (nSPS) is 12.3. The van der Waals surface area contributed by atoms with Gasteiger partial charge in [0.25, 0.3) is 0 Å². The molecule has 124 valence electrons. The van der Waals surface area contributed by atoms with Crippen molar-refractivity contribution in [2.75, 3.05) is 13.7 Å². The van der Waals surface area contributed by atoms with E-state index in [0.717, 1.165) is 5.56 Å². The van der Waals surface area contributed by atoms with Crippen LogP contribution >= 0.6 is 11.6 Å². The number of halogens is 1. The Labute approximate surface area is 136 Å². The molecule has 0 amide bonds. The molecule has 6 heteroatoms. The molecule has 0 radical (unpaired) electrons. The van der Waals surface area contributed by atoms with Gasteiger partial charge in [0.05, 0.1) is 13.7 Å². The Morgan fingerprint density at radius 2 is 2.05 bits per heavy atom. The fourth-order valence-corrected chi connectivity index (χ4v) is 2.34. The molecule has 0 saturated carbocycles. The molecule has 0 saturated heterocycles. The number of aliphatic carboxylic acids is 1. The number of methoxy groups -OCH3 is 1. The van der Waals surface area contributed by atoms with Gasteiger partial charge in [-0.05, 0) is 30.9 Å². The average Bonchev–Trinajstić information content (AvgIpc) is 2.45. The number of carboxylic acids is 1. The van der Waals surface area contributed by atoms with Gasteiger partial charge >= 0.3 is 5.97 Å². The van der Waals surface area contributed by atoms with E-state index < -0.39 is 12.0 Å². The molecule has 0 spiro atoms. The van der Waals surface area contributed by atoms with Crippen molar-refractivity contribution in [1.29, 1.82) is 0 Å². The van der Waals surface area contributed by atoms with Gasteiger partial charge in [0, 0.05) is 17.6 Å². The maximum Gasteiger partial charge on any atom is 0.320 e. The van der Waals surface area contributed by atoms with E-state index in [-0.39, 0.29) is 0 Å². The van der Waals surface area contributed by atoms with Gasteiger partial charge in [0.15, 0.2) is 11.5 Å². The van der Waals surface area contributed by atoms with Crippen molar-refractivity contribution in [2.45, 2.75) is 39.8 Å². The molecule has 1 aromatic rings. The van der Waals surface area contributed by atoms with E-state index in [9.17, 15) is 9.90 Å². The fraction of sp³-hybridized carbons (Fsp3) is 0.562.